The van der Waals surface area contributed by atoms with Gasteiger partial charge in [-0.1, -0.05) is 0 Å². The molecule has 1 aliphatic heterocycles. The molecule has 0 unspecified atom stereocenters. The van der Waals surface area contributed by atoms with Crippen molar-refractivity contribution >= 4 is 0 Å². The van der Waals surface area contributed by atoms with E-state index in [1.165, 1.54) is 0 Å². The third-order valence-electron chi connectivity index (χ3n) is 6.09. The zero-order valence-electron chi connectivity index (χ0n) is 17.0. The van der Waals surface area contributed by atoms with Crippen molar-refractivity contribution in [2.45, 2.75) is 38.8 Å². The van der Waals surface area contributed by atoms with Gasteiger partial charge in [0, 0.05) is 76.5 Å². The standard InChI is InChI=1S/C18H42N6/c1-17(2)18(3,4)24(6)16-14-22-12-10-20-8-7-19-9-11-21-13-15-23(17)5/h19-22H,7-16H2,1-6H3. The molecular formula is C18H42N6. The number of nitrogens with zero attached hydrogens (tertiary/aromatic N) is 2. The van der Waals surface area contributed by atoms with Gasteiger partial charge in [0.25, 0.3) is 0 Å². The van der Waals surface area contributed by atoms with Gasteiger partial charge < -0.3 is 21.3 Å². The maximum absolute atomic E-state index is 3.55. The van der Waals surface area contributed by atoms with Crippen LogP contribution in [0.3, 0.4) is 0 Å². The van der Waals surface area contributed by atoms with Gasteiger partial charge in [-0.2, -0.15) is 0 Å². The van der Waals surface area contributed by atoms with E-state index in [0.29, 0.717) is 0 Å². The van der Waals surface area contributed by atoms with Crippen molar-refractivity contribution in [3.05, 3.63) is 0 Å². The Kier molecular flexibility index (Phi) is 9.71. The highest BCUT2D eigenvalue weighted by Gasteiger charge is 2.42. The van der Waals surface area contributed by atoms with Gasteiger partial charge in [-0.3, -0.25) is 9.80 Å². The van der Waals surface area contributed by atoms with E-state index in [9.17, 15) is 0 Å². The van der Waals surface area contributed by atoms with Gasteiger partial charge in [-0.05, 0) is 41.8 Å². The molecule has 0 radical (unpaired) electrons. The summed E-state index contributed by atoms with van der Waals surface area (Å²) in [5.74, 6) is 0. The molecule has 1 rings (SSSR count). The van der Waals surface area contributed by atoms with Crippen LogP contribution in [0.4, 0.5) is 0 Å². The van der Waals surface area contributed by atoms with Gasteiger partial charge in [0.15, 0.2) is 0 Å². The second kappa shape index (κ2) is 10.7. The van der Waals surface area contributed by atoms with Crippen molar-refractivity contribution in [3.8, 4) is 0 Å². The Labute approximate surface area is 150 Å². The Hall–Kier alpha value is -0.240. The third-order valence-corrected chi connectivity index (χ3v) is 6.09. The van der Waals surface area contributed by atoms with Crippen LogP contribution in [0.15, 0.2) is 0 Å². The molecule has 1 aliphatic rings. The van der Waals surface area contributed by atoms with Crippen LogP contribution in [0.2, 0.25) is 0 Å². The Bertz CT molecular complexity index is 299. The lowest BCUT2D eigenvalue weighted by molar-refractivity contribution is -0.0102. The van der Waals surface area contributed by atoms with Gasteiger partial charge >= 0.3 is 0 Å². The topological polar surface area (TPSA) is 54.6 Å². The summed E-state index contributed by atoms with van der Waals surface area (Å²) >= 11 is 0. The van der Waals surface area contributed by atoms with Crippen LogP contribution >= 0.6 is 0 Å². The van der Waals surface area contributed by atoms with E-state index in [1.54, 1.807) is 0 Å². The first-order chi connectivity index (χ1) is 11.3. The summed E-state index contributed by atoms with van der Waals surface area (Å²) in [7, 11) is 4.50. The first-order valence-electron chi connectivity index (χ1n) is 9.55. The monoisotopic (exact) mass is 342 g/mol. The second-order valence-electron chi connectivity index (χ2n) is 7.96. The molecule has 0 saturated carbocycles. The van der Waals surface area contributed by atoms with E-state index in [4.69, 9.17) is 0 Å². The van der Waals surface area contributed by atoms with Crippen molar-refractivity contribution in [2.24, 2.45) is 0 Å². The van der Waals surface area contributed by atoms with Crippen molar-refractivity contribution in [1.82, 2.24) is 31.1 Å². The lowest BCUT2D eigenvalue weighted by Gasteiger charge is -2.52. The number of hydrogen-bond donors (Lipinski definition) is 4. The van der Waals surface area contributed by atoms with Gasteiger partial charge in [0.1, 0.15) is 0 Å². The normalized spacial score (nSPS) is 27.2. The average Bonchev–Trinajstić information content (AvgIpc) is 2.53. The van der Waals surface area contributed by atoms with E-state index in [0.717, 1.165) is 65.4 Å². The van der Waals surface area contributed by atoms with Gasteiger partial charge in [-0.25, -0.2) is 0 Å². The summed E-state index contributed by atoms with van der Waals surface area (Å²) in [4.78, 5) is 4.98. The third kappa shape index (κ3) is 6.58. The van der Waals surface area contributed by atoms with Crippen LogP contribution in [0, 0.1) is 0 Å². The number of nitrogens with one attached hydrogen (secondary N) is 4. The molecule has 0 spiro atoms. The van der Waals surface area contributed by atoms with E-state index in [2.05, 4.69) is 72.9 Å². The molecule has 0 atom stereocenters. The van der Waals surface area contributed by atoms with E-state index >= 15 is 0 Å². The molecule has 1 saturated heterocycles. The fourth-order valence-electron chi connectivity index (χ4n) is 3.02. The largest absolute Gasteiger partial charge is 0.314 e. The van der Waals surface area contributed by atoms with E-state index < -0.39 is 0 Å². The SMILES string of the molecule is CN1CCNCCNCCNCCNCCN(C)C(C)(C)C1(C)C. The van der Waals surface area contributed by atoms with Crippen LogP contribution in [-0.2, 0) is 0 Å². The zero-order valence-corrected chi connectivity index (χ0v) is 17.0. The Balaban J connectivity index is 2.62. The van der Waals surface area contributed by atoms with Crippen LogP contribution in [0.25, 0.3) is 0 Å². The Morgan fingerprint density at radius 2 is 0.750 bits per heavy atom. The van der Waals surface area contributed by atoms with Crippen LogP contribution in [0.1, 0.15) is 27.7 Å². The fraction of sp³-hybridized carbons (Fsp3) is 1.00. The lowest BCUT2D eigenvalue weighted by Crippen LogP contribution is -2.64. The molecule has 24 heavy (non-hydrogen) atoms. The first kappa shape index (κ1) is 21.8. The summed E-state index contributed by atoms with van der Waals surface area (Å²) in [6.07, 6.45) is 0. The molecule has 4 N–H and O–H groups in total. The van der Waals surface area contributed by atoms with Gasteiger partial charge in [0.05, 0.1) is 0 Å². The van der Waals surface area contributed by atoms with Gasteiger partial charge in [0.2, 0.25) is 0 Å². The van der Waals surface area contributed by atoms with Crippen molar-refractivity contribution < 1.29 is 0 Å². The molecule has 144 valence electrons. The smallest absolute Gasteiger partial charge is 0.0328 e. The molecule has 1 heterocycles. The van der Waals surface area contributed by atoms with Crippen LogP contribution in [0.5, 0.6) is 0 Å². The first-order valence-corrected chi connectivity index (χ1v) is 9.55. The molecule has 0 aromatic carbocycles. The Morgan fingerprint density at radius 1 is 0.500 bits per heavy atom. The molecular weight excluding hydrogens is 300 g/mol. The van der Waals surface area contributed by atoms with E-state index in [-0.39, 0.29) is 11.1 Å². The minimum Gasteiger partial charge on any atom is -0.314 e. The lowest BCUT2D eigenvalue weighted by atomic mass is 9.80. The number of hydrogen-bond acceptors (Lipinski definition) is 6. The predicted molar refractivity (Wildman–Crippen MR) is 105 cm³/mol. The van der Waals surface area contributed by atoms with E-state index in [1.807, 2.05) is 0 Å². The van der Waals surface area contributed by atoms with Crippen molar-refractivity contribution in [2.75, 3.05) is 79.5 Å². The van der Waals surface area contributed by atoms with Crippen molar-refractivity contribution in [3.63, 3.8) is 0 Å². The van der Waals surface area contributed by atoms with Crippen LogP contribution in [-0.4, -0.2) is 100 Å². The van der Waals surface area contributed by atoms with Gasteiger partial charge in [-0.15, -0.1) is 0 Å². The van der Waals surface area contributed by atoms with Crippen LogP contribution < -0.4 is 21.3 Å². The molecule has 6 nitrogen and oxygen atoms in total. The number of rotatable bonds is 0. The minimum absolute atomic E-state index is 0.0919. The molecule has 0 aromatic heterocycles. The average molecular weight is 343 g/mol. The van der Waals surface area contributed by atoms with Crippen molar-refractivity contribution in [1.29, 1.82) is 0 Å². The highest BCUT2D eigenvalue weighted by molar-refractivity contribution is 5.01. The molecule has 0 aromatic rings. The highest BCUT2D eigenvalue weighted by Crippen LogP contribution is 2.31. The maximum Gasteiger partial charge on any atom is 0.0328 e. The summed E-state index contributed by atoms with van der Waals surface area (Å²) in [5.41, 5.74) is 0.184. The number of likely N-dealkylation sites (N-methyl/N-ethyl adjacent to an activating group) is 2. The summed E-state index contributed by atoms with van der Waals surface area (Å²) < 4.78 is 0. The molecule has 6 heteroatoms. The fourth-order valence-corrected chi connectivity index (χ4v) is 3.02. The highest BCUT2D eigenvalue weighted by atomic mass is 15.3. The maximum atomic E-state index is 3.55. The molecule has 1 fully saturated rings. The summed E-state index contributed by atoms with van der Waals surface area (Å²) in [6, 6.07) is 0. The summed E-state index contributed by atoms with van der Waals surface area (Å²) in [5, 5.41) is 14.0. The molecule has 0 aliphatic carbocycles. The summed E-state index contributed by atoms with van der Waals surface area (Å²) in [6.45, 7) is 19.8. The Morgan fingerprint density at radius 3 is 1.04 bits per heavy atom. The quantitative estimate of drug-likeness (QED) is 0.488. The molecule has 0 bridgehead atoms. The zero-order chi connectivity index (χ0) is 18.1. The second-order valence-corrected chi connectivity index (χ2v) is 7.96. The molecule has 0 amide bonds. The predicted octanol–water partition coefficient (Wildman–Crippen LogP) is -0.221. The minimum atomic E-state index is 0.0919.